The molecule has 0 amide bonds. The summed E-state index contributed by atoms with van der Waals surface area (Å²) in [5.41, 5.74) is -0.00139. The number of aromatic nitrogens is 1. The van der Waals surface area contributed by atoms with E-state index in [-0.39, 0.29) is 22.2 Å². The summed E-state index contributed by atoms with van der Waals surface area (Å²) >= 11 is 7.13. The van der Waals surface area contributed by atoms with E-state index >= 15 is 0 Å². The van der Waals surface area contributed by atoms with E-state index in [2.05, 4.69) is 4.98 Å². The lowest BCUT2D eigenvalue weighted by Crippen LogP contribution is -2.13. The fourth-order valence-electron chi connectivity index (χ4n) is 1.65. The molecular formula is C10H11ClN2O3S. The van der Waals surface area contributed by atoms with Gasteiger partial charge in [-0.15, -0.1) is 0 Å². The predicted octanol–water partition coefficient (Wildman–Crippen LogP) is 2.91. The molecule has 1 aromatic rings. The number of hydrogen-bond acceptors (Lipinski definition) is 5. The molecule has 2 rings (SSSR count). The average molecular weight is 275 g/mol. The molecule has 0 N–H and O–H groups in total. The third-order valence-corrected chi connectivity index (χ3v) is 4.23. The fourth-order valence-corrected chi connectivity index (χ4v) is 3.03. The molecule has 0 aliphatic carbocycles. The van der Waals surface area contributed by atoms with Crippen molar-refractivity contribution >= 4 is 29.1 Å². The highest BCUT2D eigenvalue weighted by Crippen LogP contribution is 2.36. The zero-order valence-corrected chi connectivity index (χ0v) is 10.7. The Kier molecular flexibility index (Phi) is 3.86. The van der Waals surface area contributed by atoms with Gasteiger partial charge >= 0.3 is 5.69 Å². The van der Waals surface area contributed by atoms with E-state index in [9.17, 15) is 10.1 Å². The molecule has 17 heavy (non-hydrogen) atoms. The van der Waals surface area contributed by atoms with Gasteiger partial charge in [0.2, 0.25) is 0 Å². The molecule has 5 nitrogen and oxygen atoms in total. The zero-order chi connectivity index (χ0) is 12.4. The molecule has 0 radical (unpaired) electrons. The van der Waals surface area contributed by atoms with Gasteiger partial charge in [0.1, 0.15) is 5.15 Å². The van der Waals surface area contributed by atoms with E-state index in [1.54, 1.807) is 0 Å². The van der Waals surface area contributed by atoms with Gasteiger partial charge in [0.05, 0.1) is 11.0 Å². The molecule has 2 unspecified atom stereocenters. The average Bonchev–Trinajstić information content (AvgIpc) is 2.64. The van der Waals surface area contributed by atoms with Crippen LogP contribution < -0.4 is 0 Å². The molecule has 1 fully saturated rings. The molecule has 2 heterocycles. The first kappa shape index (κ1) is 12.6. The first-order valence-corrected chi connectivity index (χ1v) is 6.43. The first-order valence-electron chi connectivity index (χ1n) is 5.17. The van der Waals surface area contributed by atoms with Crippen molar-refractivity contribution in [2.24, 2.45) is 0 Å². The monoisotopic (exact) mass is 274 g/mol. The second-order valence-electron chi connectivity index (χ2n) is 3.74. The van der Waals surface area contributed by atoms with Gasteiger partial charge in [-0.3, -0.25) is 10.1 Å². The third-order valence-electron chi connectivity index (χ3n) is 2.57. The molecule has 0 saturated carbocycles. The molecule has 1 aliphatic heterocycles. The predicted molar refractivity (Wildman–Crippen MR) is 65.6 cm³/mol. The highest BCUT2D eigenvalue weighted by atomic mass is 35.5. The number of nitrogens with zero attached hydrogens (tertiary/aromatic N) is 2. The number of thioether (sulfide) groups is 1. The largest absolute Gasteiger partial charge is 0.377 e. The number of halogens is 1. The van der Waals surface area contributed by atoms with E-state index in [0.717, 1.165) is 6.42 Å². The van der Waals surface area contributed by atoms with Crippen molar-refractivity contribution < 1.29 is 9.66 Å². The number of pyridine rings is 1. The van der Waals surface area contributed by atoms with Crippen LogP contribution in [0.5, 0.6) is 0 Å². The second-order valence-corrected chi connectivity index (χ2v) is 5.35. The summed E-state index contributed by atoms with van der Waals surface area (Å²) in [5.74, 6) is 0. The molecule has 1 aromatic heterocycles. The maximum absolute atomic E-state index is 10.9. The van der Waals surface area contributed by atoms with Crippen molar-refractivity contribution in [3.63, 3.8) is 0 Å². The van der Waals surface area contributed by atoms with Gasteiger partial charge in [0.25, 0.3) is 0 Å². The summed E-state index contributed by atoms with van der Waals surface area (Å²) in [5, 5.41) is 11.7. The Labute approximate surface area is 108 Å². The van der Waals surface area contributed by atoms with Crippen LogP contribution in [0.4, 0.5) is 5.69 Å². The van der Waals surface area contributed by atoms with Crippen LogP contribution in [0.15, 0.2) is 17.2 Å². The van der Waals surface area contributed by atoms with Crippen LogP contribution in [-0.4, -0.2) is 27.9 Å². The van der Waals surface area contributed by atoms with Crippen LogP contribution in [-0.2, 0) is 4.74 Å². The molecule has 0 spiro atoms. The molecular weight excluding hydrogens is 264 g/mol. The summed E-state index contributed by atoms with van der Waals surface area (Å²) in [4.78, 5) is 14.5. The molecule has 7 heteroatoms. The normalized spacial score (nSPS) is 23.9. The Morgan fingerprint density at radius 2 is 2.41 bits per heavy atom. The molecule has 0 bridgehead atoms. The fraction of sp³-hybridized carbons (Fsp3) is 0.500. The maximum atomic E-state index is 10.9. The Hall–Kier alpha value is -0.850. The quantitative estimate of drug-likeness (QED) is 0.482. The molecule has 0 aromatic carbocycles. The topological polar surface area (TPSA) is 65.3 Å². The standard InChI is InChI=1S/C10H11ClN2O3S/c1-6-8(4-5-16-6)17-10-7(13(14)15)2-3-9(11)12-10/h2-3,6,8H,4-5H2,1H3. The second kappa shape index (κ2) is 5.20. The number of rotatable bonds is 3. The van der Waals surface area contributed by atoms with Gasteiger partial charge in [-0.05, 0) is 19.4 Å². The van der Waals surface area contributed by atoms with Gasteiger partial charge in [-0.1, -0.05) is 23.4 Å². The van der Waals surface area contributed by atoms with Crippen molar-refractivity contribution in [3.05, 3.63) is 27.4 Å². The number of nitro groups is 1. The van der Waals surface area contributed by atoms with E-state index in [4.69, 9.17) is 16.3 Å². The van der Waals surface area contributed by atoms with Crippen LogP contribution >= 0.6 is 23.4 Å². The van der Waals surface area contributed by atoms with Gasteiger partial charge < -0.3 is 4.74 Å². The lowest BCUT2D eigenvalue weighted by Gasteiger charge is -2.12. The minimum absolute atomic E-state index is 0.00139. The zero-order valence-electron chi connectivity index (χ0n) is 9.13. The molecule has 1 saturated heterocycles. The molecule has 2 atom stereocenters. The highest BCUT2D eigenvalue weighted by molar-refractivity contribution is 8.00. The van der Waals surface area contributed by atoms with Gasteiger partial charge in [0.15, 0.2) is 5.03 Å². The number of hydrogen-bond donors (Lipinski definition) is 0. The minimum atomic E-state index is -0.438. The van der Waals surface area contributed by atoms with Crippen molar-refractivity contribution in [1.82, 2.24) is 4.98 Å². The van der Waals surface area contributed by atoms with E-state index in [1.807, 2.05) is 6.92 Å². The maximum Gasteiger partial charge on any atom is 0.301 e. The molecule has 92 valence electrons. The summed E-state index contributed by atoms with van der Waals surface area (Å²) in [6.45, 7) is 2.65. The Bertz CT molecular complexity index is 444. The third kappa shape index (κ3) is 2.88. The Balaban J connectivity index is 2.24. The van der Waals surface area contributed by atoms with Crippen molar-refractivity contribution in [1.29, 1.82) is 0 Å². The lowest BCUT2D eigenvalue weighted by atomic mass is 10.3. The SMILES string of the molecule is CC1OCCC1Sc1nc(Cl)ccc1[N+](=O)[O-]. The first-order chi connectivity index (χ1) is 8.08. The van der Waals surface area contributed by atoms with Crippen LogP contribution in [0.1, 0.15) is 13.3 Å². The summed E-state index contributed by atoms with van der Waals surface area (Å²) < 4.78 is 5.42. The Morgan fingerprint density at radius 1 is 1.65 bits per heavy atom. The van der Waals surface area contributed by atoms with Crippen LogP contribution in [0.3, 0.4) is 0 Å². The van der Waals surface area contributed by atoms with E-state index in [0.29, 0.717) is 11.6 Å². The van der Waals surface area contributed by atoms with Crippen LogP contribution in [0.2, 0.25) is 5.15 Å². The van der Waals surface area contributed by atoms with Gasteiger partial charge in [-0.2, -0.15) is 0 Å². The summed E-state index contributed by atoms with van der Waals surface area (Å²) in [7, 11) is 0. The van der Waals surface area contributed by atoms with Crippen molar-refractivity contribution in [3.8, 4) is 0 Å². The lowest BCUT2D eigenvalue weighted by molar-refractivity contribution is -0.388. The smallest absolute Gasteiger partial charge is 0.301 e. The van der Waals surface area contributed by atoms with E-state index in [1.165, 1.54) is 23.9 Å². The summed E-state index contributed by atoms with van der Waals surface area (Å²) in [6.07, 6.45) is 0.956. The summed E-state index contributed by atoms with van der Waals surface area (Å²) in [6, 6.07) is 2.82. The molecule has 1 aliphatic rings. The Morgan fingerprint density at radius 3 is 3.00 bits per heavy atom. The van der Waals surface area contributed by atoms with Gasteiger partial charge in [-0.25, -0.2) is 4.98 Å². The van der Waals surface area contributed by atoms with Crippen LogP contribution in [0.25, 0.3) is 0 Å². The van der Waals surface area contributed by atoms with E-state index < -0.39 is 4.92 Å². The van der Waals surface area contributed by atoms with Crippen molar-refractivity contribution in [2.45, 2.75) is 29.7 Å². The van der Waals surface area contributed by atoms with Crippen molar-refractivity contribution in [2.75, 3.05) is 6.61 Å². The van der Waals surface area contributed by atoms with Crippen LogP contribution in [0, 0.1) is 10.1 Å². The van der Waals surface area contributed by atoms with Gasteiger partial charge in [0, 0.05) is 17.9 Å². The number of ether oxygens (including phenoxy) is 1. The minimum Gasteiger partial charge on any atom is -0.377 e. The highest BCUT2D eigenvalue weighted by Gasteiger charge is 2.28.